The first kappa shape index (κ1) is 13.5. The highest BCUT2D eigenvalue weighted by atomic mass is 19.1. The average molecular weight is 264 g/mol. The lowest BCUT2D eigenvalue weighted by molar-refractivity contribution is -0.137. The average Bonchev–Trinajstić information content (AvgIpc) is 2.32. The summed E-state index contributed by atoms with van der Waals surface area (Å²) in [4.78, 5) is 25.9. The van der Waals surface area contributed by atoms with Gasteiger partial charge in [-0.25, -0.2) is 4.39 Å². The number of hydrogen-bond acceptors (Lipinski definition) is 2. The second-order valence-corrected chi connectivity index (χ2v) is 5.19. The Labute approximate surface area is 111 Å². The zero-order valence-corrected chi connectivity index (χ0v) is 11.2. The number of rotatable bonds is 2. The van der Waals surface area contributed by atoms with Gasteiger partial charge in [-0.15, -0.1) is 0 Å². The Morgan fingerprint density at radius 3 is 2.63 bits per heavy atom. The third-order valence-corrected chi connectivity index (χ3v) is 3.28. The fourth-order valence-electron chi connectivity index (χ4n) is 2.30. The summed E-state index contributed by atoms with van der Waals surface area (Å²) in [6, 6.07) is 5.16. The minimum atomic E-state index is -0.977. The Morgan fingerprint density at radius 2 is 2.05 bits per heavy atom. The van der Waals surface area contributed by atoms with Crippen molar-refractivity contribution < 1.29 is 14.0 Å². The third-order valence-electron chi connectivity index (χ3n) is 3.28. The van der Waals surface area contributed by atoms with E-state index < -0.39 is 17.4 Å². The maximum Gasteiger partial charge on any atom is 0.252 e. The molecule has 1 unspecified atom stereocenters. The number of benzene rings is 1. The molecule has 2 rings (SSSR count). The van der Waals surface area contributed by atoms with E-state index in [1.807, 2.05) is 6.92 Å². The molecule has 1 aliphatic rings. The Morgan fingerprint density at radius 1 is 1.37 bits per heavy atom. The Balaban J connectivity index is 2.49. The first-order valence-electron chi connectivity index (χ1n) is 6.28. The molecule has 0 aliphatic carbocycles. The smallest absolute Gasteiger partial charge is 0.252 e. The Hall–Kier alpha value is -1.91. The van der Waals surface area contributed by atoms with Crippen LogP contribution in [0.25, 0.3) is 0 Å². The summed E-state index contributed by atoms with van der Waals surface area (Å²) in [5.74, 6) is -0.871. The van der Waals surface area contributed by atoms with Crippen LogP contribution in [0.5, 0.6) is 0 Å². The fourth-order valence-corrected chi connectivity index (χ4v) is 2.30. The van der Waals surface area contributed by atoms with E-state index in [2.05, 4.69) is 5.32 Å². The van der Waals surface area contributed by atoms with Gasteiger partial charge in [-0.2, -0.15) is 0 Å². The molecule has 1 N–H and O–H groups in total. The van der Waals surface area contributed by atoms with Crippen molar-refractivity contribution >= 4 is 17.5 Å². The number of hydrogen-bond donors (Lipinski definition) is 1. The van der Waals surface area contributed by atoms with E-state index in [-0.39, 0.29) is 11.8 Å². The van der Waals surface area contributed by atoms with Crippen molar-refractivity contribution in [1.29, 1.82) is 0 Å². The van der Waals surface area contributed by atoms with Crippen LogP contribution in [-0.2, 0) is 9.59 Å². The molecule has 1 saturated heterocycles. The number of piperazine rings is 1. The molecule has 1 heterocycles. The summed E-state index contributed by atoms with van der Waals surface area (Å²) in [6.07, 6.45) is 0.476. The molecule has 0 aromatic heterocycles. The molecule has 1 fully saturated rings. The van der Waals surface area contributed by atoms with Gasteiger partial charge in [0.25, 0.3) is 5.91 Å². The van der Waals surface area contributed by atoms with Crippen LogP contribution in [0.4, 0.5) is 10.1 Å². The predicted octanol–water partition coefficient (Wildman–Crippen LogP) is 1.85. The van der Waals surface area contributed by atoms with Crippen LogP contribution in [0.1, 0.15) is 27.2 Å². The Kier molecular flexibility index (Phi) is 3.30. The zero-order valence-electron chi connectivity index (χ0n) is 11.2. The molecule has 0 bridgehead atoms. The lowest BCUT2D eigenvalue weighted by Gasteiger charge is -2.42. The highest BCUT2D eigenvalue weighted by molar-refractivity contribution is 6.10. The normalized spacial score (nSPS) is 22.3. The van der Waals surface area contributed by atoms with E-state index in [1.165, 1.54) is 23.1 Å². The van der Waals surface area contributed by atoms with Gasteiger partial charge in [-0.1, -0.05) is 13.0 Å². The van der Waals surface area contributed by atoms with Crippen LogP contribution in [0, 0.1) is 5.82 Å². The predicted molar refractivity (Wildman–Crippen MR) is 70.2 cm³/mol. The molecule has 0 saturated carbocycles. The highest BCUT2D eigenvalue weighted by Crippen LogP contribution is 2.27. The van der Waals surface area contributed by atoms with Gasteiger partial charge in [0.15, 0.2) is 0 Å². The van der Waals surface area contributed by atoms with Crippen LogP contribution in [0.2, 0.25) is 0 Å². The second kappa shape index (κ2) is 4.64. The van der Waals surface area contributed by atoms with Crippen LogP contribution < -0.4 is 10.2 Å². The number of amides is 2. The number of carbonyl (C=O) groups excluding carboxylic acids is 2. The van der Waals surface area contributed by atoms with Gasteiger partial charge in [-0.05, 0) is 38.5 Å². The van der Waals surface area contributed by atoms with E-state index in [4.69, 9.17) is 0 Å². The molecule has 1 aliphatic heterocycles. The van der Waals surface area contributed by atoms with Crippen LogP contribution in [0.3, 0.4) is 0 Å². The summed E-state index contributed by atoms with van der Waals surface area (Å²) in [7, 11) is 0. The first-order valence-corrected chi connectivity index (χ1v) is 6.28. The molecule has 1 aromatic carbocycles. The van der Waals surface area contributed by atoms with Gasteiger partial charge in [0.1, 0.15) is 17.4 Å². The molecular formula is C14H17FN2O2. The van der Waals surface area contributed by atoms with Gasteiger partial charge < -0.3 is 5.32 Å². The van der Waals surface area contributed by atoms with Crippen LogP contribution in [-0.4, -0.2) is 23.4 Å². The third kappa shape index (κ3) is 2.32. The van der Waals surface area contributed by atoms with Crippen molar-refractivity contribution in [3.8, 4) is 0 Å². The van der Waals surface area contributed by atoms with Crippen LogP contribution >= 0.6 is 0 Å². The molecule has 1 aromatic rings. The van der Waals surface area contributed by atoms with Crippen molar-refractivity contribution in [2.24, 2.45) is 0 Å². The molecule has 2 amide bonds. The largest absolute Gasteiger partial charge is 0.340 e. The molecular weight excluding hydrogens is 247 g/mol. The second-order valence-electron chi connectivity index (χ2n) is 5.19. The number of carbonyl (C=O) groups is 2. The minimum Gasteiger partial charge on any atom is -0.340 e. The van der Waals surface area contributed by atoms with E-state index in [0.717, 1.165) is 0 Å². The number of nitrogens with zero attached hydrogens (tertiary/aromatic N) is 1. The van der Waals surface area contributed by atoms with Crippen LogP contribution in [0.15, 0.2) is 24.3 Å². The van der Waals surface area contributed by atoms with E-state index in [0.29, 0.717) is 12.1 Å². The maximum absolute atomic E-state index is 13.3. The van der Waals surface area contributed by atoms with Gasteiger partial charge in [0.2, 0.25) is 5.91 Å². The van der Waals surface area contributed by atoms with Gasteiger partial charge in [0.05, 0.1) is 0 Å². The molecule has 5 heteroatoms. The quantitative estimate of drug-likeness (QED) is 0.886. The molecule has 19 heavy (non-hydrogen) atoms. The molecule has 4 nitrogen and oxygen atoms in total. The first-order chi connectivity index (χ1) is 8.86. The van der Waals surface area contributed by atoms with Crippen molar-refractivity contribution in [1.82, 2.24) is 5.32 Å². The summed E-state index contributed by atoms with van der Waals surface area (Å²) < 4.78 is 13.3. The molecule has 0 spiro atoms. The molecule has 1 atom stereocenters. The van der Waals surface area contributed by atoms with Crippen molar-refractivity contribution in [3.05, 3.63) is 30.1 Å². The zero-order chi connectivity index (χ0) is 14.2. The maximum atomic E-state index is 13.3. The minimum absolute atomic E-state index is 0.212. The summed E-state index contributed by atoms with van der Waals surface area (Å²) in [5.41, 5.74) is -0.561. The Bertz CT molecular complexity index is 528. The van der Waals surface area contributed by atoms with Gasteiger partial charge in [-0.3, -0.25) is 14.5 Å². The molecule has 102 valence electrons. The fraction of sp³-hybridized carbons (Fsp3) is 0.429. The number of anilines is 1. The lowest BCUT2D eigenvalue weighted by Crippen LogP contribution is -2.68. The molecule has 0 radical (unpaired) electrons. The SMILES string of the molecule is CCC1C(=O)NC(C)(C)C(=O)N1c1cccc(F)c1. The number of nitrogens with one attached hydrogen (secondary N) is 1. The van der Waals surface area contributed by atoms with Gasteiger partial charge >= 0.3 is 0 Å². The summed E-state index contributed by atoms with van der Waals surface area (Å²) in [6.45, 7) is 5.11. The van der Waals surface area contributed by atoms with Crippen molar-refractivity contribution in [2.45, 2.75) is 38.8 Å². The standard InChI is InChI=1S/C14H17FN2O2/c1-4-11-12(18)16-14(2,3)13(19)17(11)10-7-5-6-9(15)8-10/h5-8,11H,4H2,1-3H3,(H,16,18). The van der Waals surface area contributed by atoms with E-state index in [9.17, 15) is 14.0 Å². The topological polar surface area (TPSA) is 49.4 Å². The monoisotopic (exact) mass is 264 g/mol. The summed E-state index contributed by atoms with van der Waals surface area (Å²) in [5, 5.41) is 2.70. The highest BCUT2D eigenvalue weighted by Gasteiger charge is 2.45. The van der Waals surface area contributed by atoms with Gasteiger partial charge in [0, 0.05) is 5.69 Å². The van der Waals surface area contributed by atoms with Crippen molar-refractivity contribution in [2.75, 3.05) is 4.90 Å². The van der Waals surface area contributed by atoms with E-state index >= 15 is 0 Å². The number of halogens is 1. The van der Waals surface area contributed by atoms with E-state index in [1.54, 1.807) is 19.9 Å². The lowest BCUT2D eigenvalue weighted by atomic mass is 9.95. The summed E-state index contributed by atoms with van der Waals surface area (Å²) >= 11 is 0. The van der Waals surface area contributed by atoms with Crippen molar-refractivity contribution in [3.63, 3.8) is 0 Å².